The minimum atomic E-state index is -3.60. The van der Waals surface area contributed by atoms with E-state index in [4.69, 9.17) is 9.05 Å². The van der Waals surface area contributed by atoms with Crippen LogP contribution in [-0.2, 0) is 36.3 Å². The highest BCUT2D eigenvalue weighted by Gasteiger charge is 2.40. The van der Waals surface area contributed by atoms with Crippen LogP contribution in [0.2, 0.25) is 0 Å². The summed E-state index contributed by atoms with van der Waals surface area (Å²) in [5, 5.41) is 3.60. The zero-order chi connectivity index (χ0) is 28.2. The molecule has 0 aliphatic carbocycles. The monoisotopic (exact) mass is 557 g/mol. The molecule has 2 heterocycles. The van der Waals surface area contributed by atoms with E-state index in [9.17, 15) is 23.3 Å². The Bertz CT molecular complexity index is 1400. The third kappa shape index (κ3) is 6.30. The zero-order valence-corrected chi connectivity index (χ0v) is 23.2. The molecule has 0 unspecified atom stereocenters. The van der Waals surface area contributed by atoms with Crippen LogP contribution < -0.4 is 10.6 Å². The van der Waals surface area contributed by atoms with Crippen LogP contribution in [-0.4, -0.2) is 59.0 Å². The lowest BCUT2D eigenvalue weighted by atomic mass is 10.1. The number of fused-ring (bicyclic) bond motifs is 1. The van der Waals surface area contributed by atoms with Crippen molar-refractivity contribution in [2.75, 3.05) is 19.8 Å². The van der Waals surface area contributed by atoms with Crippen LogP contribution in [0.1, 0.15) is 43.1 Å². The van der Waals surface area contributed by atoms with Crippen LogP contribution in [0, 0.1) is 0 Å². The number of hydrogen-bond acceptors (Lipinski definition) is 6. The Morgan fingerprint density at radius 2 is 1.77 bits per heavy atom. The van der Waals surface area contributed by atoms with Gasteiger partial charge in [0.15, 0.2) is 5.78 Å². The van der Waals surface area contributed by atoms with Crippen LogP contribution in [0.5, 0.6) is 0 Å². The molecule has 3 aromatic rings. The number of carbonyl (C=O) groups excluding carboxylic acids is 3. The van der Waals surface area contributed by atoms with Gasteiger partial charge in [0.25, 0.3) is 0 Å². The minimum Gasteiger partial charge on any atom is -0.350 e. The van der Waals surface area contributed by atoms with Crippen molar-refractivity contribution in [1.29, 1.82) is 0 Å². The van der Waals surface area contributed by atoms with Crippen LogP contribution in [0.3, 0.4) is 0 Å². The maximum absolute atomic E-state index is 14.4. The van der Waals surface area contributed by atoms with Gasteiger partial charge in [-0.05, 0) is 44.5 Å². The minimum absolute atomic E-state index is 0.0784. The van der Waals surface area contributed by atoms with Crippen molar-refractivity contribution >= 4 is 41.4 Å². The smallest absolute Gasteiger partial charge is 0.350 e. The number of alkyl halides is 1. The van der Waals surface area contributed by atoms with E-state index in [2.05, 4.69) is 5.32 Å². The van der Waals surface area contributed by atoms with Gasteiger partial charge in [0, 0.05) is 35.6 Å². The van der Waals surface area contributed by atoms with Crippen LogP contribution in [0.4, 0.5) is 4.39 Å². The normalized spacial score (nSPS) is 17.5. The second-order valence-corrected chi connectivity index (χ2v) is 11.4. The molecule has 0 saturated carbocycles. The number of rotatable bonds is 11. The molecule has 9 nitrogen and oxygen atoms in total. The number of amides is 2. The van der Waals surface area contributed by atoms with Crippen molar-refractivity contribution < 1.29 is 32.4 Å². The summed E-state index contributed by atoms with van der Waals surface area (Å²) >= 11 is 0. The van der Waals surface area contributed by atoms with Gasteiger partial charge in [0.2, 0.25) is 11.8 Å². The zero-order valence-electron chi connectivity index (χ0n) is 22.3. The molecule has 1 aliphatic rings. The standard InChI is InChI=1S/C28H33FN3O6P/c1-4-37-39(36,38-5-2)22-11-12-25-23(14-22)24(19(3)33)17-31(25)18-27(34)32-16-21(29)13-26(32)28(35)30-15-20-9-7-6-8-10-20/h6-12,14,17,21,26H,4-5,13,15-16,18H2,1-3H3,(H,30,35)/t21-,26+/m1/s1. The first-order valence-corrected chi connectivity index (χ1v) is 14.5. The van der Waals surface area contributed by atoms with Crippen molar-refractivity contribution in [3.8, 4) is 0 Å². The fraction of sp³-hybridized carbons (Fsp3) is 0.393. The Labute approximate surface area is 226 Å². The fourth-order valence-electron chi connectivity index (χ4n) is 4.84. The summed E-state index contributed by atoms with van der Waals surface area (Å²) in [7, 11) is -3.60. The first-order valence-electron chi connectivity index (χ1n) is 13.0. The summed E-state index contributed by atoms with van der Waals surface area (Å²) < 4.78 is 40.2. The van der Waals surface area contributed by atoms with Crippen LogP contribution >= 0.6 is 7.60 Å². The lowest BCUT2D eigenvalue weighted by Crippen LogP contribution is -2.46. The molecular weight excluding hydrogens is 524 g/mol. The van der Waals surface area contributed by atoms with E-state index in [1.807, 2.05) is 30.3 Å². The maximum atomic E-state index is 14.4. The summed E-state index contributed by atoms with van der Waals surface area (Å²) in [6.45, 7) is 5.07. The van der Waals surface area contributed by atoms with E-state index in [1.165, 1.54) is 11.8 Å². The molecule has 1 aliphatic heterocycles. The molecule has 1 fully saturated rings. The van der Waals surface area contributed by atoms with E-state index in [0.717, 1.165) is 5.56 Å². The highest BCUT2D eigenvalue weighted by atomic mass is 31.2. The number of halogens is 1. The number of likely N-dealkylation sites (tertiary alicyclic amines) is 1. The Hall–Kier alpha value is -3.33. The molecule has 1 saturated heterocycles. The molecule has 2 aromatic carbocycles. The summed E-state index contributed by atoms with van der Waals surface area (Å²) in [5.74, 6) is -1.10. The van der Waals surface area contributed by atoms with Gasteiger partial charge >= 0.3 is 7.60 Å². The van der Waals surface area contributed by atoms with Gasteiger partial charge in [-0.2, -0.15) is 0 Å². The molecular formula is C28H33FN3O6P. The number of carbonyl (C=O) groups is 3. The van der Waals surface area contributed by atoms with Gasteiger partial charge in [-0.25, -0.2) is 4.39 Å². The molecule has 0 spiro atoms. The summed E-state index contributed by atoms with van der Waals surface area (Å²) in [4.78, 5) is 40.0. The van der Waals surface area contributed by atoms with Crippen LogP contribution in [0.25, 0.3) is 10.9 Å². The van der Waals surface area contributed by atoms with Crippen molar-refractivity contribution in [2.24, 2.45) is 0 Å². The lowest BCUT2D eigenvalue weighted by molar-refractivity contribution is -0.139. The van der Waals surface area contributed by atoms with E-state index in [0.29, 0.717) is 21.8 Å². The second-order valence-electron chi connectivity index (χ2n) is 9.36. The van der Waals surface area contributed by atoms with Crippen LogP contribution in [0.15, 0.2) is 54.7 Å². The number of hydrogen-bond donors (Lipinski definition) is 1. The lowest BCUT2D eigenvalue weighted by Gasteiger charge is -2.24. The van der Waals surface area contributed by atoms with Crippen molar-refractivity contribution in [2.45, 2.75) is 52.5 Å². The number of benzene rings is 2. The van der Waals surface area contributed by atoms with Crippen molar-refractivity contribution in [3.63, 3.8) is 0 Å². The molecule has 0 bridgehead atoms. The third-order valence-electron chi connectivity index (χ3n) is 6.65. The van der Waals surface area contributed by atoms with Crippen molar-refractivity contribution in [3.05, 3.63) is 65.9 Å². The van der Waals surface area contributed by atoms with Gasteiger partial charge in [0.05, 0.1) is 25.1 Å². The average molecular weight is 558 g/mol. The molecule has 39 heavy (non-hydrogen) atoms. The SMILES string of the molecule is CCOP(=O)(OCC)c1ccc2c(c1)c(C(C)=O)cn2CC(=O)N1C[C@H](F)C[C@H]1C(=O)NCc1ccccc1. The summed E-state index contributed by atoms with van der Waals surface area (Å²) in [5.41, 5.74) is 1.78. The van der Waals surface area contributed by atoms with E-state index >= 15 is 0 Å². The highest BCUT2D eigenvalue weighted by molar-refractivity contribution is 7.62. The number of Topliss-reactive ketones (excluding diaryl/α,β-unsaturated/α-hetero) is 1. The number of ketones is 1. The van der Waals surface area contributed by atoms with Crippen molar-refractivity contribution in [1.82, 2.24) is 14.8 Å². The first-order chi connectivity index (χ1) is 18.7. The molecule has 4 rings (SSSR count). The van der Waals surface area contributed by atoms with Gasteiger partial charge in [-0.1, -0.05) is 30.3 Å². The van der Waals surface area contributed by atoms with E-state index < -0.39 is 31.6 Å². The molecule has 2 atom stereocenters. The Morgan fingerprint density at radius 1 is 1.08 bits per heavy atom. The Morgan fingerprint density at radius 3 is 2.41 bits per heavy atom. The fourth-order valence-corrected chi connectivity index (χ4v) is 6.44. The Balaban J connectivity index is 1.58. The number of aromatic nitrogens is 1. The predicted octanol–water partition coefficient (Wildman–Crippen LogP) is 3.99. The second kappa shape index (κ2) is 12.2. The Kier molecular flexibility index (Phi) is 9.00. The van der Waals surface area contributed by atoms with Gasteiger partial charge in [0.1, 0.15) is 18.8 Å². The average Bonchev–Trinajstić information content (AvgIpc) is 3.48. The topological polar surface area (TPSA) is 107 Å². The summed E-state index contributed by atoms with van der Waals surface area (Å²) in [6, 6.07) is 13.2. The van der Waals surface area contributed by atoms with Gasteiger partial charge < -0.3 is 23.8 Å². The number of nitrogens with zero attached hydrogens (tertiary/aromatic N) is 2. The predicted molar refractivity (Wildman–Crippen MR) is 146 cm³/mol. The molecule has 0 radical (unpaired) electrons. The van der Waals surface area contributed by atoms with E-state index in [1.54, 1.807) is 42.8 Å². The molecule has 11 heteroatoms. The molecule has 1 aromatic heterocycles. The molecule has 2 amide bonds. The maximum Gasteiger partial charge on any atom is 0.361 e. The first kappa shape index (κ1) is 28.7. The molecule has 1 N–H and O–H groups in total. The quantitative estimate of drug-likeness (QED) is 0.282. The molecule has 208 valence electrons. The van der Waals surface area contributed by atoms with Gasteiger partial charge in [-0.15, -0.1) is 0 Å². The largest absolute Gasteiger partial charge is 0.361 e. The highest BCUT2D eigenvalue weighted by Crippen LogP contribution is 2.47. The van der Waals surface area contributed by atoms with Gasteiger partial charge in [-0.3, -0.25) is 18.9 Å². The number of nitrogens with one attached hydrogen (secondary N) is 1. The third-order valence-corrected chi connectivity index (χ3v) is 8.75. The summed E-state index contributed by atoms with van der Waals surface area (Å²) in [6.07, 6.45) is 0.156. The van der Waals surface area contributed by atoms with E-state index in [-0.39, 0.29) is 45.1 Å².